The molecule has 0 spiro atoms. The molecule has 0 radical (unpaired) electrons. The fourth-order valence-corrected chi connectivity index (χ4v) is 1.21. The van der Waals surface area contributed by atoms with E-state index in [1.54, 1.807) is 6.20 Å². The van der Waals surface area contributed by atoms with Crippen molar-refractivity contribution in [1.82, 2.24) is 9.97 Å². The van der Waals surface area contributed by atoms with Gasteiger partial charge in [0.15, 0.2) is 0 Å². The van der Waals surface area contributed by atoms with Gasteiger partial charge < -0.3 is 10.7 Å². The number of anilines is 1. The lowest BCUT2D eigenvalue weighted by Gasteiger charge is -1.97. The van der Waals surface area contributed by atoms with Crippen LogP contribution >= 0.6 is 0 Å². The van der Waals surface area contributed by atoms with Crippen LogP contribution in [0.3, 0.4) is 0 Å². The number of hydrogen-bond acceptors (Lipinski definition) is 2. The minimum atomic E-state index is 0.590. The van der Waals surface area contributed by atoms with Crippen LogP contribution in [0.1, 0.15) is 19.4 Å². The molecule has 0 fully saturated rings. The highest BCUT2D eigenvalue weighted by Gasteiger charge is 2.01. The summed E-state index contributed by atoms with van der Waals surface area (Å²) < 4.78 is 0. The maximum atomic E-state index is 5.64. The molecule has 2 heterocycles. The first-order valence-electron chi connectivity index (χ1n) is 4.47. The first-order chi connectivity index (χ1) is 6.29. The van der Waals surface area contributed by atoms with Crippen molar-refractivity contribution in [3.05, 3.63) is 24.0 Å². The number of nitrogens with zero attached hydrogens (tertiary/aromatic N) is 1. The third-order valence-corrected chi connectivity index (χ3v) is 1.81. The van der Waals surface area contributed by atoms with Gasteiger partial charge in [-0.15, -0.1) is 0 Å². The summed E-state index contributed by atoms with van der Waals surface area (Å²) in [5, 5.41) is 1.00. The van der Waals surface area contributed by atoms with Crippen molar-refractivity contribution in [2.24, 2.45) is 0 Å². The van der Waals surface area contributed by atoms with Crippen molar-refractivity contribution in [2.75, 3.05) is 5.73 Å². The first kappa shape index (κ1) is 9.58. The molecule has 0 unspecified atom stereocenters. The van der Waals surface area contributed by atoms with Crippen molar-refractivity contribution in [3.8, 4) is 0 Å². The standard InChI is InChI=1S/C8H9N3.C2H6/c1-5-4-11-8(9)6-2-3-10-7(5)6;1-2/h2-4,10H,1H3,(H2,9,11);1-2H3. The zero-order chi connectivity index (χ0) is 9.84. The van der Waals surface area contributed by atoms with Crippen LogP contribution in [0.25, 0.3) is 10.9 Å². The van der Waals surface area contributed by atoms with Crippen LogP contribution in [0.5, 0.6) is 0 Å². The molecule has 0 aromatic carbocycles. The quantitative estimate of drug-likeness (QED) is 0.649. The van der Waals surface area contributed by atoms with Crippen molar-refractivity contribution >= 4 is 16.7 Å². The smallest absolute Gasteiger partial charge is 0.132 e. The summed E-state index contributed by atoms with van der Waals surface area (Å²) in [6, 6.07) is 1.94. The van der Waals surface area contributed by atoms with Crippen LogP contribution in [0, 0.1) is 6.92 Å². The molecule has 0 aliphatic rings. The van der Waals surface area contributed by atoms with Gasteiger partial charge >= 0.3 is 0 Å². The molecule has 0 bridgehead atoms. The molecule has 0 saturated heterocycles. The van der Waals surface area contributed by atoms with E-state index in [-0.39, 0.29) is 0 Å². The van der Waals surface area contributed by atoms with Crippen molar-refractivity contribution in [3.63, 3.8) is 0 Å². The fourth-order valence-electron chi connectivity index (χ4n) is 1.21. The summed E-state index contributed by atoms with van der Waals surface area (Å²) in [6.45, 7) is 6.01. The molecule has 13 heavy (non-hydrogen) atoms. The third kappa shape index (κ3) is 1.64. The number of aryl methyl sites for hydroxylation is 1. The van der Waals surface area contributed by atoms with E-state index >= 15 is 0 Å². The number of hydrogen-bond donors (Lipinski definition) is 2. The van der Waals surface area contributed by atoms with Crippen molar-refractivity contribution in [1.29, 1.82) is 0 Å². The first-order valence-corrected chi connectivity index (χ1v) is 4.47. The van der Waals surface area contributed by atoms with Gasteiger partial charge in [0.2, 0.25) is 0 Å². The maximum absolute atomic E-state index is 5.64. The van der Waals surface area contributed by atoms with E-state index in [9.17, 15) is 0 Å². The normalized spacial score (nSPS) is 9.46. The van der Waals surface area contributed by atoms with E-state index in [1.165, 1.54) is 0 Å². The molecule has 3 nitrogen and oxygen atoms in total. The fraction of sp³-hybridized carbons (Fsp3) is 0.300. The van der Waals surface area contributed by atoms with E-state index in [2.05, 4.69) is 9.97 Å². The molecule has 0 atom stereocenters. The van der Waals surface area contributed by atoms with Crippen LogP contribution in [0.15, 0.2) is 18.5 Å². The van der Waals surface area contributed by atoms with Gasteiger partial charge in [0, 0.05) is 17.8 Å². The predicted octanol–water partition coefficient (Wildman–Crippen LogP) is 2.48. The Hall–Kier alpha value is -1.51. The van der Waals surface area contributed by atoms with Crippen LogP contribution in [0.2, 0.25) is 0 Å². The monoisotopic (exact) mass is 177 g/mol. The second-order valence-corrected chi connectivity index (χ2v) is 2.59. The summed E-state index contributed by atoms with van der Waals surface area (Å²) in [6.07, 6.45) is 3.64. The lowest BCUT2D eigenvalue weighted by molar-refractivity contribution is 1.30. The minimum absolute atomic E-state index is 0.590. The zero-order valence-corrected chi connectivity index (χ0v) is 8.26. The summed E-state index contributed by atoms with van der Waals surface area (Å²) in [4.78, 5) is 7.15. The second kappa shape index (κ2) is 3.94. The van der Waals surface area contributed by atoms with E-state index in [4.69, 9.17) is 5.73 Å². The highest BCUT2D eigenvalue weighted by Crippen LogP contribution is 2.19. The molecule has 3 N–H and O–H groups in total. The Morgan fingerprint density at radius 3 is 2.69 bits per heavy atom. The van der Waals surface area contributed by atoms with Crippen LogP contribution in [0.4, 0.5) is 5.82 Å². The lowest BCUT2D eigenvalue weighted by atomic mass is 10.2. The van der Waals surface area contributed by atoms with Gasteiger partial charge in [-0.25, -0.2) is 4.98 Å². The number of rotatable bonds is 0. The number of nitrogen functional groups attached to an aromatic ring is 1. The average molecular weight is 177 g/mol. The van der Waals surface area contributed by atoms with Crippen LogP contribution in [-0.4, -0.2) is 9.97 Å². The van der Waals surface area contributed by atoms with Gasteiger partial charge in [-0.05, 0) is 18.6 Å². The Morgan fingerprint density at radius 1 is 1.38 bits per heavy atom. The summed E-state index contributed by atoms with van der Waals surface area (Å²) in [5.74, 6) is 0.590. The van der Waals surface area contributed by atoms with Gasteiger partial charge in [0.25, 0.3) is 0 Å². The number of fused-ring (bicyclic) bond motifs is 1. The molecular weight excluding hydrogens is 162 g/mol. The highest BCUT2D eigenvalue weighted by molar-refractivity contribution is 5.90. The number of pyridine rings is 1. The molecule has 2 aromatic heterocycles. The molecule has 0 aliphatic carbocycles. The van der Waals surface area contributed by atoms with E-state index in [1.807, 2.05) is 33.0 Å². The van der Waals surface area contributed by atoms with E-state index < -0.39 is 0 Å². The summed E-state index contributed by atoms with van der Waals surface area (Å²) in [5.41, 5.74) is 7.84. The van der Waals surface area contributed by atoms with E-state index in [0.717, 1.165) is 16.5 Å². The number of aromatic amines is 1. The maximum Gasteiger partial charge on any atom is 0.132 e. The molecule has 0 amide bonds. The van der Waals surface area contributed by atoms with Gasteiger partial charge in [-0.2, -0.15) is 0 Å². The van der Waals surface area contributed by atoms with Crippen LogP contribution in [-0.2, 0) is 0 Å². The molecule has 70 valence electrons. The Morgan fingerprint density at radius 2 is 2.08 bits per heavy atom. The Bertz CT molecular complexity index is 354. The topological polar surface area (TPSA) is 54.7 Å². The summed E-state index contributed by atoms with van der Waals surface area (Å²) >= 11 is 0. The van der Waals surface area contributed by atoms with Gasteiger partial charge in [-0.1, -0.05) is 13.8 Å². The molecule has 0 aliphatic heterocycles. The Kier molecular flexibility index (Phi) is 2.90. The second-order valence-electron chi connectivity index (χ2n) is 2.59. The number of nitrogens with one attached hydrogen (secondary N) is 1. The third-order valence-electron chi connectivity index (χ3n) is 1.81. The average Bonchev–Trinajstić information content (AvgIpc) is 2.64. The van der Waals surface area contributed by atoms with Crippen molar-refractivity contribution < 1.29 is 0 Å². The number of H-pyrrole nitrogens is 1. The number of aromatic nitrogens is 2. The van der Waals surface area contributed by atoms with Crippen molar-refractivity contribution in [2.45, 2.75) is 20.8 Å². The van der Waals surface area contributed by atoms with Gasteiger partial charge in [-0.3, -0.25) is 0 Å². The summed E-state index contributed by atoms with van der Waals surface area (Å²) in [7, 11) is 0. The molecule has 2 aromatic rings. The Balaban J connectivity index is 0.000000396. The molecule has 3 heteroatoms. The minimum Gasteiger partial charge on any atom is -0.383 e. The lowest BCUT2D eigenvalue weighted by Crippen LogP contribution is -1.90. The molecular formula is C10H15N3. The molecule has 0 saturated carbocycles. The Labute approximate surface area is 78.0 Å². The van der Waals surface area contributed by atoms with Gasteiger partial charge in [0.1, 0.15) is 5.82 Å². The van der Waals surface area contributed by atoms with Crippen LogP contribution < -0.4 is 5.73 Å². The molecule has 2 rings (SSSR count). The predicted molar refractivity (Wildman–Crippen MR) is 56.6 cm³/mol. The number of nitrogens with two attached hydrogens (primary N) is 1. The highest BCUT2D eigenvalue weighted by atomic mass is 14.8. The van der Waals surface area contributed by atoms with Gasteiger partial charge in [0.05, 0.1) is 5.52 Å². The van der Waals surface area contributed by atoms with E-state index in [0.29, 0.717) is 5.82 Å². The largest absolute Gasteiger partial charge is 0.383 e. The zero-order valence-electron chi connectivity index (χ0n) is 8.26. The SMILES string of the molecule is CC.Cc1cnc(N)c2cc[nH]c12.